The molecule has 0 spiro atoms. The zero-order chi connectivity index (χ0) is 9.56. The molecule has 0 fully saturated rings. The minimum atomic E-state index is -1.04. The normalized spacial score (nSPS) is 12.8. The van der Waals surface area contributed by atoms with Gasteiger partial charge in [0.05, 0.1) is 12.7 Å². The molecule has 1 atom stereocenters. The van der Waals surface area contributed by atoms with Crippen LogP contribution in [-0.2, 0) is 9.47 Å². The van der Waals surface area contributed by atoms with Crippen molar-refractivity contribution in [3.8, 4) is 0 Å². The Kier molecular flexibility index (Phi) is 5.40. The van der Waals surface area contributed by atoms with E-state index in [2.05, 4.69) is 9.47 Å². The summed E-state index contributed by atoms with van der Waals surface area (Å²) in [5.41, 5.74) is 0. The summed E-state index contributed by atoms with van der Waals surface area (Å²) in [5.74, 6) is 0. The van der Waals surface area contributed by atoms with Gasteiger partial charge in [-0.1, -0.05) is 0 Å². The summed E-state index contributed by atoms with van der Waals surface area (Å²) in [6.07, 6.45) is -2.12. The highest BCUT2D eigenvalue weighted by Crippen LogP contribution is 1.93. The van der Waals surface area contributed by atoms with Gasteiger partial charge >= 0.3 is 6.16 Å². The zero-order valence-electron chi connectivity index (χ0n) is 7.19. The molecular formula is C7H14O5. The van der Waals surface area contributed by atoms with Gasteiger partial charge in [-0.2, -0.15) is 0 Å². The zero-order valence-corrected chi connectivity index (χ0v) is 7.19. The van der Waals surface area contributed by atoms with Crippen LogP contribution in [0.4, 0.5) is 4.79 Å². The molecule has 0 radical (unpaired) electrons. The second-order valence-electron chi connectivity index (χ2n) is 2.56. The number of aliphatic hydroxyl groups excluding tert-OH is 2. The van der Waals surface area contributed by atoms with Gasteiger partial charge in [-0.3, -0.25) is 0 Å². The predicted octanol–water partition coefficient (Wildman–Crippen LogP) is -0.0988. The number of ether oxygens (including phenoxy) is 2. The van der Waals surface area contributed by atoms with E-state index in [4.69, 9.17) is 10.2 Å². The van der Waals surface area contributed by atoms with Gasteiger partial charge in [0, 0.05) is 0 Å². The number of rotatable bonds is 4. The van der Waals surface area contributed by atoms with Crippen LogP contribution in [0.2, 0.25) is 0 Å². The average molecular weight is 178 g/mol. The van der Waals surface area contributed by atoms with Gasteiger partial charge in [0.15, 0.2) is 0 Å². The van der Waals surface area contributed by atoms with Crippen LogP contribution in [0.5, 0.6) is 0 Å². The van der Waals surface area contributed by atoms with Gasteiger partial charge in [-0.25, -0.2) is 4.79 Å². The fourth-order valence-electron chi connectivity index (χ4n) is 0.443. The van der Waals surface area contributed by atoms with Gasteiger partial charge in [0.25, 0.3) is 0 Å². The summed E-state index contributed by atoms with van der Waals surface area (Å²) >= 11 is 0. The largest absolute Gasteiger partial charge is 0.508 e. The molecule has 0 saturated carbocycles. The Morgan fingerprint density at radius 3 is 2.50 bits per heavy atom. The molecule has 2 N–H and O–H groups in total. The van der Waals surface area contributed by atoms with Crippen LogP contribution < -0.4 is 0 Å². The highest BCUT2D eigenvalue weighted by Gasteiger charge is 2.09. The SMILES string of the molecule is CC(C)OC(=O)OCC(O)CO. The van der Waals surface area contributed by atoms with Crippen molar-refractivity contribution in [2.45, 2.75) is 26.1 Å². The van der Waals surface area contributed by atoms with E-state index < -0.39 is 18.9 Å². The summed E-state index contributed by atoms with van der Waals surface area (Å²) in [7, 11) is 0. The minimum absolute atomic E-state index is 0.247. The Hall–Kier alpha value is -0.810. The quantitative estimate of drug-likeness (QED) is 0.588. The van der Waals surface area contributed by atoms with Crippen molar-refractivity contribution in [3.63, 3.8) is 0 Å². The summed E-state index contributed by atoms with van der Waals surface area (Å²) in [6, 6.07) is 0. The van der Waals surface area contributed by atoms with Crippen molar-refractivity contribution in [2.24, 2.45) is 0 Å². The predicted molar refractivity (Wildman–Crippen MR) is 40.7 cm³/mol. The van der Waals surface area contributed by atoms with Crippen molar-refractivity contribution < 1.29 is 24.5 Å². The maximum atomic E-state index is 10.6. The lowest BCUT2D eigenvalue weighted by Gasteiger charge is -2.10. The molecule has 5 heteroatoms. The van der Waals surface area contributed by atoms with Gasteiger partial charge in [0.1, 0.15) is 12.7 Å². The lowest BCUT2D eigenvalue weighted by Crippen LogP contribution is -2.23. The molecule has 0 aliphatic carbocycles. The number of carbonyl (C=O) groups is 1. The van der Waals surface area contributed by atoms with E-state index in [1.165, 1.54) is 0 Å². The summed E-state index contributed by atoms with van der Waals surface area (Å²) < 4.78 is 9.03. The lowest BCUT2D eigenvalue weighted by molar-refractivity contribution is -0.00875. The van der Waals surface area contributed by atoms with Crippen molar-refractivity contribution >= 4 is 6.16 Å². The van der Waals surface area contributed by atoms with Crippen LogP contribution in [-0.4, -0.2) is 41.8 Å². The Morgan fingerprint density at radius 1 is 1.50 bits per heavy atom. The number of hydrogen-bond donors (Lipinski definition) is 2. The van der Waals surface area contributed by atoms with E-state index in [1.54, 1.807) is 13.8 Å². The van der Waals surface area contributed by atoms with Crippen molar-refractivity contribution in [1.82, 2.24) is 0 Å². The Bertz CT molecular complexity index is 134. The average Bonchev–Trinajstić information content (AvgIpc) is 1.99. The van der Waals surface area contributed by atoms with E-state index >= 15 is 0 Å². The molecule has 0 saturated heterocycles. The molecule has 0 heterocycles. The first-order chi connectivity index (χ1) is 5.56. The van der Waals surface area contributed by atoms with E-state index in [-0.39, 0.29) is 12.7 Å². The molecule has 1 unspecified atom stereocenters. The molecule has 0 aliphatic heterocycles. The lowest BCUT2D eigenvalue weighted by atomic mass is 10.4. The second-order valence-corrected chi connectivity index (χ2v) is 2.56. The Balaban J connectivity index is 3.44. The third-order valence-corrected chi connectivity index (χ3v) is 0.936. The molecule has 0 bridgehead atoms. The molecule has 5 nitrogen and oxygen atoms in total. The maximum absolute atomic E-state index is 10.6. The first-order valence-corrected chi connectivity index (χ1v) is 3.68. The first-order valence-electron chi connectivity index (χ1n) is 3.68. The summed E-state index contributed by atoms with van der Waals surface area (Å²) in [6.45, 7) is 2.68. The highest BCUT2D eigenvalue weighted by atomic mass is 16.7. The number of carbonyl (C=O) groups excluding carboxylic acids is 1. The molecule has 0 aromatic heterocycles. The number of hydrogen-bond acceptors (Lipinski definition) is 5. The van der Waals surface area contributed by atoms with Gasteiger partial charge in [-0.15, -0.1) is 0 Å². The van der Waals surface area contributed by atoms with Gasteiger partial charge in [-0.05, 0) is 13.8 Å². The van der Waals surface area contributed by atoms with E-state index in [9.17, 15) is 4.79 Å². The molecule has 72 valence electrons. The fraction of sp³-hybridized carbons (Fsp3) is 0.857. The third kappa shape index (κ3) is 5.94. The van der Waals surface area contributed by atoms with E-state index in [0.717, 1.165) is 0 Å². The second kappa shape index (κ2) is 5.79. The summed E-state index contributed by atoms with van der Waals surface area (Å²) in [5, 5.41) is 17.1. The van der Waals surface area contributed by atoms with E-state index in [1.807, 2.05) is 0 Å². The smallest absolute Gasteiger partial charge is 0.432 e. The molecule has 0 amide bonds. The fourth-order valence-corrected chi connectivity index (χ4v) is 0.443. The third-order valence-electron chi connectivity index (χ3n) is 0.936. The van der Waals surface area contributed by atoms with Crippen molar-refractivity contribution in [1.29, 1.82) is 0 Å². The van der Waals surface area contributed by atoms with Crippen LogP contribution in [0.25, 0.3) is 0 Å². The van der Waals surface area contributed by atoms with Crippen LogP contribution in [0.3, 0.4) is 0 Å². The molecule has 0 aliphatic rings. The standard InChI is InChI=1S/C7H14O5/c1-5(2)12-7(10)11-4-6(9)3-8/h5-6,8-9H,3-4H2,1-2H3. The van der Waals surface area contributed by atoms with Crippen molar-refractivity contribution in [2.75, 3.05) is 13.2 Å². The highest BCUT2D eigenvalue weighted by molar-refractivity contribution is 5.60. The van der Waals surface area contributed by atoms with Gasteiger partial charge < -0.3 is 19.7 Å². The van der Waals surface area contributed by atoms with Crippen LogP contribution in [0.15, 0.2) is 0 Å². The maximum Gasteiger partial charge on any atom is 0.508 e. The topological polar surface area (TPSA) is 76.0 Å². The molecule has 0 rings (SSSR count). The molecule has 0 aromatic rings. The molecule has 0 aromatic carbocycles. The van der Waals surface area contributed by atoms with Crippen molar-refractivity contribution in [3.05, 3.63) is 0 Å². The van der Waals surface area contributed by atoms with Crippen LogP contribution in [0, 0.1) is 0 Å². The van der Waals surface area contributed by atoms with Gasteiger partial charge in [0.2, 0.25) is 0 Å². The Labute approximate surface area is 70.9 Å². The number of aliphatic hydroxyl groups is 2. The Morgan fingerprint density at radius 2 is 2.08 bits per heavy atom. The molecule has 12 heavy (non-hydrogen) atoms. The minimum Gasteiger partial charge on any atom is -0.432 e. The molecular weight excluding hydrogens is 164 g/mol. The van der Waals surface area contributed by atoms with E-state index in [0.29, 0.717) is 0 Å². The monoisotopic (exact) mass is 178 g/mol. The first kappa shape index (κ1) is 11.2. The van der Waals surface area contributed by atoms with Crippen LogP contribution in [0.1, 0.15) is 13.8 Å². The summed E-state index contributed by atoms with van der Waals surface area (Å²) in [4.78, 5) is 10.6. The van der Waals surface area contributed by atoms with Crippen LogP contribution >= 0.6 is 0 Å².